The van der Waals surface area contributed by atoms with Crippen molar-refractivity contribution >= 4 is 34.4 Å². The summed E-state index contributed by atoms with van der Waals surface area (Å²) in [6.07, 6.45) is 6.48. The minimum atomic E-state index is 0.325. The van der Waals surface area contributed by atoms with Crippen LogP contribution in [0.1, 0.15) is 0 Å². The molecule has 0 unspecified atom stereocenters. The fourth-order valence-corrected chi connectivity index (χ4v) is 3.59. The number of hydrogen-bond acceptors (Lipinski definition) is 10. The molecule has 5 aromatic rings. The Morgan fingerprint density at radius 2 is 1.60 bits per heavy atom. The van der Waals surface area contributed by atoms with Crippen LogP contribution in [-0.4, -0.2) is 50.8 Å². The molecule has 0 aliphatic carbocycles. The van der Waals surface area contributed by atoms with Gasteiger partial charge in [0.15, 0.2) is 34.3 Å². The van der Waals surface area contributed by atoms with E-state index in [0.29, 0.717) is 51.7 Å². The van der Waals surface area contributed by atoms with Crippen molar-refractivity contribution in [3.8, 4) is 22.9 Å². The zero-order valence-corrected chi connectivity index (χ0v) is 19.3. The topological polar surface area (TPSA) is 121 Å². The van der Waals surface area contributed by atoms with Crippen LogP contribution in [0.25, 0.3) is 16.9 Å². The summed E-state index contributed by atoms with van der Waals surface area (Å²) in [6.45, 7) is 0. The third kappa shape index (κ3) is 4.34. The van der Waals surface area contributed by atoms with E-state index in [1.807, 2.05) is 34.9 Å². The van der Waals surface area contributed by atoms with Crippen molar-refractivity contribution in [1.29, 1.82) is 0 Å². The number of nitrogens with one attached hydrogen (secondary N) is 2. The van der Waals surface area contributed by atoms with Gasteiger partial charge in [0.05, 0.1) is 27.5 Å². The van der Waals surface area contributed by atoms with E-state index in [0.717, 1.165) is 5.69 Å². The van der Waals surface area contributed by atoms with E-state index < -0.39 is 0 Å². The molecule has 0 saturated carbocycles. The van der Waals surface area contributed by atoms with Crippen LogP contribution in [-0.2, 0) is 0 Å². The molecule has 3 heterocycles. The van der Waals surface area contributed by atoms with Gasteiger partial charge < -0.3 is 24.8 Å². The first-order valence-corrected chi connectivity index (χ1v) is 10.6. The van der Waals surface area contributed by atoms with Gasteiger partial charge in [0.2, 0.25) is 11.7 Å². The zero-order chi connectivity index (χ0) is 24.2. The predicted molar refractivity (Wildman–Crippen MR) is 131 cm³/mol. The van der Waals surface area contributed by atoms with E-state index in [-0.39, 0.29) is 0 Å². The summed E-state index contributed by atoms with van der Waals surface area (Å²) in [7, 11) is 4.69. The molecular weight excluding hydrogens is 448 g/mol. The normalized spacial score (nSPS) is 10.7. The van der Waals surface area contributed by atoms with Crippen LogP contribution in [0.15, 0.2) is 67.4 Å². The summed E-state index contributed by atoms with van der Waals surface area (Å²) >= 11 is 0. The molecule has 0 radical (unpaired) electrons. The molecule has 0 aliphatic heterocycles. The summed E-state index contributed by atoms with van der Waals surface area (Å²) in [4.78, 5) is 22.3. The first-order valence-electron chi connectivity index (χ1n) is 10.6. The number of aromatic nitrogens is 6. The average molecular weight is 470 g/mol. The monoisotopic (exact) mass is 470 g/mol. The van der Waals surface area contributed by atoms with Crippen LogP contribution in [0.4, 0.5) is 23.3 Å². The Morgan fingerprint density at radius 3 is 2.26 bits per heavy atom. The summed E-state index contributed by atoms with van der Waals surface area (Å²) in [5.41, 5.74) is 2.76. The fraction of sp³-hybridized carbons (Fsp3) is 0.125. The van der Waals surface area contributed by atoms with Crippen molar-refractivity contribution in [1.82, 2.24) is 29.5 Å². The molecule has 2 aromatic carbocycles. The largest absolute Gasteiger partial charge is 0.493 e. The molecule has 0 atom stereocenters. The molecule has 2 N–H and O–H groups in total. The molecule has 0 amide bonds. The Bertz CT molecular complexity index is 1430. The van der Waals surface area contributed by atoms with Gasteiger partial charge in [0, 0.05) is 35.9 Å². The summed E-state index contributed by atoms with van der Waals surface area (Å²) < 4.78 is 18.3. The maximum absolute atomic E-state index is 5.48. The van der Waals surface area contributed by atoms with Crippen molar-refractivity contribution in [2.45, 2.75) is 0 Å². The van der Waals surface area contributed by atoms with Gasteiger partial charge in [-0.05, 0) is 12.1 Å². The second-order valence-electron chi connectivity index (χ2n) is 7.27. The third-order valence-corrected chi connectivity index (χ3v) is 5.16. The van der Waals surface area contributed by atoms with Crippen molar-refractivity contribution in [2.75, 3.05) is 32.0 Å². The Labute approximate surface area is 200 Å². The van der Waals surface area contributed by atoms with Crippen molar-refractivity contribution in [2.24, 2.45) is 0 Å². The standard InChI is InChI=1S/C24H22N8O3/c1-33-17-11-15(12-18(34-2)21(17)35-3)28-22-20-23(32(14-27-20)16-7-5-4-6-8-16)31-24(30-22)29-19-13-25-9-10-26-19/h4-14H,1-3H3,(H2,26,28,29,30,31). The highest BCUT2D eigenvalue weighted by Gasteiger charge is 2.18. The lowest BCUT2D eigenvalue weighted by molar-refractivity contribution is 0.324. The molecule has 176 valence electrons. The highest BCUT2D eigenvalue weighted by Crippen LogP contribution is 2.41. The molecule has 0 spiro atoms. The minimum absolute atomic E-state index is 0.325. The number of imidazole rings is 1. The van der Waals surface area contributed by atoms with Crippen LogP contribution in [0.5, 0.6) is 17.2 Å². The first kappa shape index (κ1) is 21.9. The van der Waals surface area contributed by atoms with Crippen molar-refractivity contribution in [3.05, 3.63) is 67.4 Å². The van der Waals surface area contributed by atoms with Gasteiger partial charge >= 0.3 is 0 Å². The summed E-state index contributed by atoms with van der Waals surface area (Å²) in [5.74, 6) is 2.82. The van der Waals surface area contributed by atoms with Crippen LogP contribution in [0, 0.1) is 0 Å². The van der Waals surface area contributed by atoms with Crippen molar-refractivity contribution < 1.29 is 14.2 Å². The van der Waals surface area contributed by atoms with E-state index in [1.54, 1.807) is 58.4 Å². The first-order chi connectivity index (χ1) is 17.2. The SMILES string of the molecule is COc1cc(Nc2nc(Nc3cnccn3)nc3c2ncn3-c2ccccc2)cc(OC)c1OC. The number of nitrogens with zero attached hydrogens (tertiary/aromatic N) is 6. The molecule has 0 fully saturated rings. The van der Waals surface area contributed by atoms with Crippen LogP contribution >= 0.6 is 0 Å². The van der Waals surface area contributed by atoms with Crippen LogP contribution < -0.4 is 24.8 Å². The maximum atomic E-state index is 5.48. The third-order valence-electron chi connectivity index (χ3n) is 5.16. The van der Waals surface area contributed by atoms with Gasteiger partial charge in [-0.3, -0.25) is 9.55 Å². The van der Waals surface area contributed by atoms with Crippen molar-refractivity contribution in [3.63, 3.8) is 0 Å². The smallest absolute Gasteiger partial charge is 0.232 e. The van der Waals surface area contributed by atoms with Gasteiger partial charge in [-0.15, -0.1) is 0 Å². The van der Waals surface area contributed by atoms with Gasteiger partial charge in [0.1, 0.15) is 6.33 Å². The summed E-state index contributed by atoms with van der Waals surface area (Å²) in [5, 5.41) is 6.43. The van der Waals surface area contributed by atoms with Crippen LogP contribution in [0.3, 0.4) is 0 Å². The number of methoxy groups -OCH3 is 3. The molecule has 35 heavy (non-hydrogen) atoms. The Kier molecular flexibility index (Phi) is 5.95. The van der Waals surface area contributed by atoms with Gasteiger partial charge in [-0.25, -0.2) is 9.97 Å². The fourth-order valence-electron chi connectivity index (χ4n) is 3.59. The quantitative estimate of drug-likeness (QED) is 0.342. The lowest BCUT2D eigenvalue weighted by Gasteiger charge is -2.15. The number of anilines is 4. The van der Waals surface area contributed by atoms with E-state index >= 15 is 0 Å². The molecule has 3 aromatic heterocycles. The van der Waals surface area contributed by atoms with Crippen LogP contribution in [0.2, 0.25) is 0 Å². The number of ether oxygens (including phenoxy) is 3. The second kappa shape index (κ2) is 9.51. The average Bonchev–Trinajstić information content (AvgIpc) is 3.33. The van der Waals surface area contributed by atoms with Gasteiger partial charge in [-0.2, -0.15) is 9.97 Å². The number of hydrogen-bond donors (Lipinski definition) is 2. The molecule has 5 rings (SSSR count). The second-order valence-corrected chi connectivity index (χ2v) is 7.27. The highest BCUT2D eigenvalue weighted by atomic mass is 16.5. The number of para-hydroxylation sites is 1. The highest BCUT2D eigenvalue weighted by molar-refractivity contribution is 5.88. The molecule has 0 aliphatic rings. The predicted octanol–water partition coefficient (Wildman–Crippen LogP) is 4.12. The Morgan fingerprint density at radius 1 is 0.829 bits per heavy atom. The van der Waals surface area contributed by atoms with E-state index in [1.165, 1.54) is 0 Å². The van der Waals surface area contributed by atoms with E-state index in [9.17, 15) is 0 Å². The summed E-state index contributed by atoms with van der Waals surface area (Å²) in [6, 6.07) is 13.4. The molecule has 0 saturated heterocycles. The zero-order valence-electron chi connectivity index (χ0n) is 19.3. The number of benzene rings is 2. The number of fused-ring (bicyclic) bond motifs is 1. The minimum Gasteiger partial charge on any atom is -0.493 e. The van der Waals surface area contributed by atoms with E-state index in [4.69, 9.17) is 19.2 Å². The maximum Gasteiger partial charge on any atom is 0.232 e. The lowest BCUT2D eigenvalue weighted by Crippen LogP contribution is -2.05. The van der Waals surface area contributed by atoms with E-state index in [2.05, 4.69) is 30.6 Å². The lowest BCUT2D eigenvalue weighted by atomic mass is 10.2. The van der Waals surface area contributed by atoms with Gasteiger partial charge in [0.25, 0.3) is 0 Å². The molecule has 11 nitrogen and oxygen atoms in total. The molecule has 0 bridgehead atoms. The Hall–Kier alpha value is -4.93. The molecular formula is C24H22N8O3. The molecule has 11 heteroatoms. The number of rotatable bonds is 8. The van der Waals surface area contributed by atoms with Gasteiger partial charge in [-0.1, -0.05) is 18.2 Å². The Balaban J connectivity index is 1.63.